The molecule has 1 aliphatic rings. The van der Waals surface area contributed by atoms with Crippen molar-refractivity contribution >= 4 is 34.6 Å². The molecule has 162 valence electrons. The van der Waals surface area contributed by atoms with E-state index in [1.807, 2.05) is 72.8 Å². The molecule has 1 saturated heterocycles. The number of amidine groups is 1. The van der Waals surface area contributed by atoms with E-state index in [1.165, 1.54) is 17.3 Å². The molecule has 5 nitrogen and oxygen atoms in total. The normalized spacial score (nSPS) is 16.1. The van der Waals surface area contributed by atoms with Gasteiger partial charge in [-0.25, -0.2) is 4.99 Å². The van der Waals surface area contributed by atoms with Crippen molar-refractivity contribution in [3.63, 3.8) is 0 Å². The second-order valence-electron chi connectivity index (χ2n) is 7.14. The zero-order valence-electron chi connectivity index (χ0n) is 18.0. The molecule has 3 aromatic carbocycles. The maximum Gasteiger partial charge on any atom is 0.266 e. The molecule has 0 bridgehead atoms. The number of benzene rings is 3. The number of hydrogen-bond acceptors (Lipinski definition) is 5. The Hall–Kier alpha value is -3.51. The molecule has 0 N–H and O–H groups in total. The highest BCUT2D eigenvalue weighted by molar-refractivity contribution is 8.18. The monoisotopic (exact) mass is 444 g/mol. The summed E-state index contributed by atoms with van der Waals surface area (Å²) in [6, 6.07) is 25.4. The van der Waals surface area contributed by atoms with Gasteiger partial charge >= 0.3 is 0 Å². The number of carbonyl (C=O) groups excluding carboxylic acids is 1. The van der Waals surface area contributed by atoms with E-state index in [4.69, 9.17) is 14.5 Å². The molecule has 1 aliphatic heterocycles. The van der Waals surface area contributed by atoms with Gasteiger partial charge in [-0.2, -0.15) is 0 Å². The van der Waals surface area contributed by atoms with Gasteiger partial charge in [-0.05, 0) is 54.1 Å². The number of ether oxygens (including phenoxy) is 2. The molecule has 1 heterocycles. The number of para-hydroxylation sites is 1. The van der Waals surface area contributed by atoms with Crippen molar-refractivity contribution in [1.29, 1.82) is 0 Å². The third kappa shape index (κ3) is 5.03. The average molecular weight is 445 g/mol. The minimum atomic E-state index is -0.0570. The molecule has 4 rings (SSSR count). The molecule has 0 atom stereocenters. The Balaban J connectivity index is 1.65. The van der Waals surface area contributed by atoms with Gasteiger partial charge in [0.2, 0.25) is 0 Å². The first-order valence-electron chi connectivity index (χ1n) is 10.3. The van der Waals surface area contributed by atoms with E-state index in [2.05, 4.69) is 12.1 Å². The Labute approximate surface area is 192 Å². The van der Waals surface area contributed by atoms with E-state index in [1.54, 1.807) is 19.1 Å². The summed E-state index contributed by atoms with van der Waals surface area (Å²) < 4.78 is 10.8. The van der Waals surface area contributed by atoms with Crippen molar-refractivity contribution in [3.8, 4) is 11.5 Å². The van der Waals surface area contributed by atoms with Crippen LogP contribution in [0.1, 0.15) is 11.1 Å². The molecular weight excluding hydrogens is 420 g/mol. The lowest BCUT2D eigenvalue weighted by Crippen LogP contribution is -2.31. The Morgan fingerprint density at radius 1 is 0.938 bits per heavy atom. The van der Waals surface area contributed by atoms with Crippen LogP contribution < -0.4 is 9.47 Å². The van der Waals surface area contributed by atoms with Crippen molar-refractivity contribution in [1.82, 2.24) is 4.90 Å². The molecule has 0 radical (unpaired) electrons. The van der Waals surface area contributed by atoms with Gasteiger partial charge in [0.25, 0.3) is 5.91 Å². The molecular formula is C26H24N2O3S. The smallest absolute Gasteiger partial charge is 0.266 e. The summed E-state index contributed by atoms with van der Waals surface area (Å²) in [4.78, 5) is 20.5. The largest absolute Gasteiger partial charge is 0.497 e. The molecule has 0 aromatic heterocycles. The van der Waals surface area contributed by atoms with E-state index >= 15 is 0 Å². The quantitative estimate of drug-likeness (QED) is 0.448. The van der Waals surface area contributed by atoms with Crippen LogP contribution in [-0.4, -0.2) is 36.7 Å². The Bertz CT molecular complexity index is 1140. The van der Waals surface area contributed by atoms with Gasteiger partial charge in [-0.3, -0.25) is 9.69 Å². The summed E-state index contributed by atoms with van der Waals surface area (Å²) in [5.74, 6) is 1.29. The summed E-state index contributed by atoms with van der Waals surface area (Å²) in [5, 5.41) is 0.677. The van der Waals surface area contributed by atoms with Crippen molar-refractivity contribution in [2.45, 2.75) is 6.42 Å². The number of hydrogen-bond donors (Lipinski definition) is 0. The molecule has 3 aromatic rings. The van der Waals surface area contributed by atoms with Crippen LogP contribution in [0.25, 0.3) is 6.08 Å². The highest BCUT2D eigenvalue weighted by Crippen LogP contribution is 2.36. The maximum absolute atomic E-state index is 13.3. The van der Waals surface area contributed by atoms with Gasteiger partial charge in [-0.1, -0.05) is 48.5 Å². The van der Waals surface area contributed by atoms with Crippen molar-refractivity contribution < 1.29 is 14.3 Å². The third-order valence-electron chi connectivity index (χ3n) is 5.06. The molecule has 0 spiro atoms. The second kappa shape index (κ2) is 10.2. The fraction of sp³-hybridized carbons (Fsp3) is 0.154. The summed E-state index contributed by atoms with van der Waals surface area (Å²) in [7, 11) is 3.22. The van der Waals surface area contributed by atoms with E-state index in [0.29, 0.717) is 28.1 Å². The molecule has 6 heteroatoms. The predicted molar refractivity (Wildman–Crippen MR) is 131 cm³/mol. The van der Waals surface area contributed by atoms with Crippen LogP contribution in [0.5, 0.6) is 11.5 Å². The maximum atomic E-state index is 13.3. The minimum Gasteiger partial charge on any atom is -0.497 e. The van der Waals surface area contributed by atoms with Crippen molar-refractivity contribution in [3.05, 3.63) is 94.9 Å². The van der Waals surface area contributed by atoms with Crippen molar-refractivity contribution in [2.75, 3.05) is 20.8 Å². The number of nitrogens with zero attached hydrogens (tertiary/aromatic N) is 2. The SMILES string of the molecule is COc1ccc(/C=C2/SC(=Nc3ccccc3)N(CCc3ccccc3)C2=O)c(OC)c1. The van der Waals surface area contributed by atoms with Gasteiger partial charge in [0.15, 0.2) is 5.17 Å². The highest BCUT2D eigenvalue weighted by Gasteiger charge is 2.33. The zero-order chi connectivity index (χ0) is 22.3. The number of rotatable bonds is 7. The van der Waals surface area contributed by atoms with Crippen molar-refractivity contribution in [2.24, 2.45) is 4.99 Å². The fourth-order valence-corrected chi connectivity index (χ4v) is 4.38. The lowest BCUT2D eigenvalue weighted by Gasteiger charge is -2.15. The predicted octanol–water partition coefficient (Wildman–Crippen LogP) is 5.55. The summed E-state index contributed by atoms with van der Waals surface area (Å²) in [5.41, 5.74) is 2.81. The standard InChI is InChI=1S/C26H24N2O3S/c1-30-22-14-13-20(23(18-22)31-2)17-24-25(29)28(16-15-19-9-5-3-6-10-19)26(32-24)27-21-11-7-4-8-12-21/h3-14,17-18H,15-16H2,1-2H3/b24-17+,27-26?. The summed E-state index contributed by atoms with van der Waals surface area (Å²) >= 11 is 1.38. The topological polar surface area (TPSA) is 51.1 Å². The second-order valence-corrected chi connectivity index (χ2v) is 8.15. The number of aliphatic imine (C=N–C) groups is 1. The first-order chi connectivity index (χ1) is 15.7. The van der Waals surface area contributed by atoms with Gasteiger partial charge in [0.1, 0.15) is 11.5 Å². The molecule has 0 aliphatic carbocycles. The van der Waals surface area contributed by atoms with E-state index in [9.17, 15) is 4.79 Å². The number of carbonyl (C=O) groups is 1. The average Bonchev–Trinajstić information content (AvgIpc) is 3.12. The third-order valence-corrected chi connectivity index (χ3v) is 6.07. The van der Waals surface area contributed by atoms with Crippen LogP contribution >= 0.6 is 11.8 Å². The molecule has 32 heavy (non-hydrogen) atoms. The zero-order valence-corrected chi connectivity index (χ0v) is 18.8. The minimum absolute atomic E-state index is 0.0570. The molecule has 1 amide bonds. The molecule has 1 fully saturated rings. The van der Waals surface area contributed by atoms with Crippen LogP contribution in [-0.2, 0) is 11.2 Å². The number of thioether (sulfide) groups is 1. The van der Waals surface area contributed by atoms with E-state index in [-0.39, 0.29) is 5.91 Å². The number of methoxy groups -OCH3 is 2. The summed E-state index contributed by atoms with van der Waals surface area (Å²) in [6.07, 6.45) is 2.61. The fourth-order valence-electron chi connectivity index (χ4n) is 3.37. The molecule has 0 saturated carbocycles. The Morgan fingerprint density at radius 2 is 1.66 bits per heavy atom. The van der Waals surface area contributed by atoms with Gasteiger partial charge < -0.3 is 9.47 Å². The Kier molecular flexibility index (Phi) is 6.92. The first kappa shape index (κ1) is 21.7. The van der Waals surface area contributed by atoms with Gasteiger partial charge in [-0.15, -0.1) is 0 Å². The van der Waals surface area contributed by atoms with Crippen LogP contribution in [0.15, 0.2) is 88.8 Å². The molecule has 0 unspecified atom stereocenters. The Morgan fingerprint density at radius 3 is 2.34 bits per heavy atom. The van der Waals surface area contributed by atoms with Crippen LogP contribution in [0.4, 0.5) is 5.69 Å². The van der Waals surface area contributed by atoms with Crippen LogP contribution in [0, 0.1) is 0 Å². The lowest BCUT2D eigenvalue weighted by atomic mass is 10.1. The van der Waals surface area contributed by atoms with Crippen LogP contribution in [0.2, 0.25) is 0 Å². The highest BCUT2D eigenvalue weighted by atomic mass is 32.2. The van der Waals surface area contributed by atoms with Gasteiger partial charge in [0.05, 0.1) is 24.8 Å². The van der Waals surface area contributed by atoms with E-state index < -0.39 is 0 Å². The lowest BCUT2D eigenvalue weighted by molar-refractivity contribution is -0.122. The summed E-state index contributed by atoms with van der Waals surface area (Å²) in [6.45, 7) is 0.554. The van der Waals surface area contributed by atoms with Gasteiger partial charge in [0, 0.05) is 18.2 Å². The van der Waals surface area contributed by atoms with E-state index in [0.717, 1.165) is 17.7 Å². The van der Waals surface area contributed by atoms with Crippen LogP contribution in [0.3, 0.4) is 0 Å². The first-order valence-corrected chi connectivity index (χ1v) is 11.1. The number of amides is 1.